The number of nitrogens with one attached hydrogen (secondary N) is 1. The van der Waals surface area contributed by atoms with Crippen LogP contribution >= 0.6 is 0 Å². The van der Waals surface area contributed by atoms with Crippen LogP contribution in [0.25, 0.3) is 0 Å². The molecule has 1 amide bonds. The van der Waals surface area contributed by atoms with Crippen LogP contribution in [0.4, 0.5) is 0 Å². The van der Waals surface area contributed by atoms with Gasteiger partial charge in [-0.1, -0.05) is 66.7 Å². The van der Waals surface area contributed by atoms with Crippen molar-refractivity contribution in [1.82, 2.24) is 15.1 Å². The molecule has 2 fully saturated rings. The number of hydrogen-bond acceptors (Lipinski definition) is 4. The molecule has 3 aromatic carbocycles. The lowest BCUT2D eigenvalue weighted by Crippen LogP contribution is -2.43. The molecular weight excluding hydrogens is 470 g/mol. The molecule has 0 aromatic heterocycles. The molecule has 0 bridgehead atoms. The minimum absolute atomic E-state index is 0.0186. The highest BCUT2D eigenvalue weighted by atomic mass is 16.5. The predicted octanol–water partition coefficient (Wildman–Crippen LogP) is 5.58. The van der Waals surface area contributed by atoms with Gasteiger partial charge in [0.2, 0.25) is 0 Å². The number of benzene rings is 3. The van der Waals surface area contributed by atoms with Crippen molar-refractivity contribution in [2.24, 2.45) is 0 Å². The van der Waals surface area contributed by atoms with Crippen molar-refractivity contribution in [2.75, 3.05) is 39.8 Å². The fourth-order valence-electron chi connectivity index (χ4n) is 6.01. The van der Waals surface area contributed by atoms with E-state index < -0.39 is 0 Å². The zero-order valence-corrected chi connectivity index (χ0v) is 22.6. The Morgan fingerprint density at radius 3 is 2.32 bits per heavy atom. The maximum Gasteiger partial charge on any atom is 0.251 e. The molecule has 2 aliphatic rings. The molecule has 0 radical (unpaired) electrons. The Balaban J connectivity index is 1.17. The van der Waals surface area contributed by atoms with Crippen LogP contribution in [0.1, 0.15) is 59.5 Å². The molecule has 2 heterocycles. The minimum Gasteiger partial charge on any atom is -0.489 e. The molecular formula is C33H41N3O2. The van der Waals surface area contributed by atoms with Gasteiger partial charge in [0.15, 0.2) is 0 Å². The molecule has 2 unspecified atom stereocenters. The van der Waals surface area contributed by atoms with Gasteiger partial charge in [-0.15, -0.1) is 0 Å². The maximum atomic E-state index is 12.8. The minimum atomic E-state index is -0.0186. The van der Waals surface area contributed by atoms with Crippen LogP contribution in [0.15, 0.2) is 84.9 Å². The number of nitrogens with zero attached hydrogens (tertiary/aromatic N) is 2. The molecule has 0 saturated carbocycles. The number of amides is 1. The van der Waals surface area contributed by atoms with E-state index in [4.69, 9.17) is 4.74 Å². The van der Waals surface area contributed by atoms with Crippen LogP contribution in [0.5, 0.6) is 5.75 Å². The zero-order chi connectivity index (χ0) is 26.2. The van der Waals surface area contributed by atoms with Crippen molar-refractivity contribution in [2.45, 2.75) is 50.2 Å². The van der Waals surface area contributed by atoms with Gasteiger partial charge in [-0.2, -0.15) is 0 Å². The predicted molar refractivity (Wildman–Crippen MR) is 154 cm³/mol. The molecule has 3 aromatic rings. The van der Waals surface area contributed by atoms with Gasteiger partial charge >= 0.3 is 0 Å². The second-order valence-electron chi connectivity index (χ2n) is 10.9. The van der Waals surface area contributed by atoms with Gasteiger partial charge < -0.3 is 15.0 Å². The smallest absolute Gasteiger partial charge is 0.251 e. The third kappa shape index (κ3) is 7.03. The van der Waals surface area contributed by atoms with Crippen LogP contribution < -0.4 is 10.1 Å². The van der Waals surface area contributed by atoms with E-state index in [0.29, 0.717) is 24.1 Å². The summed E-state index contributed by atoms with van der Waals surface area (Å²) in [6.45, 7) is 4.80. The lowest BCUT2D eigenvalue weighted by molar-refractivity contribution is 0.0861. The Labute approximate surface area is 227 Å². The SMILES string of the molecule is CN1CCCC1CCNC(=O)c1cccc(OC2CCCN(CC(c3ccccc3)c3ccccc3)C2)c1. The fraction of sp³-hybridized carbons (Fsp3) is 0.424. The van der Waals surface area contributed by atoms with Crippen molar-refractivity contribution in [3.05, 3.63) is 102 Å². The molecule has 5 heteroatoms. The van der Waals surface area contributed by atoms with E-state index in [2.05, 4.69) is 82.8 Å². The Kier molecular flexibility index (Phi) is 9.11. The number of hydrogen-bond donors (Lipinski definition) is 1. The summed E-state index contributed by atoms with van der Waals surface area (Å²) in [6.07, 6.45) is 5.74. The summed E-state index contributed by atoms with van der Waals surface area (Å²) in [6, 6.07) is 29.9. The molecule has 2 atom stereocenters. The largest absolute Gasteiger partial charge is 0.489 e. The van der Waals surface area contributed by atoms with E-state index in [-0.39, 0.29) is 12.0 Å². The van der Waals surface area contributed by atoms with Gasteiger partial charge in [0.25, 0.3) is 5.91 Å². The van der Waals surface area contributed by atoms with E-state index in [1.54, 1.807) is 0 Å². The molecule has 200 valence electrons. The van der Waals surface area contributed by atoms with Crippen molar-refractivity contribution >= 4 is 5.91 Å². The Bertz CT molecular complexity index is 1110. The van der Waals surface area contributed by atoms with Crippen molar-refractivity contribution in [1.29, 1.82) is 0 Å². The van der Waals surface area contributed by atoms with Crippen LogP contribution in [0, 0.1) is 0 Å². The molecule has 0 spiro atoms. The topological polar surface area (TPSA) is 44.8 Å². The van der Waals surface area contributed by atoms with E-state index in [1.807, 2.05) is 24.3 Å². The average Bonchev–Trinajstić information content (AvgIpc) is 3.37. The number of likely N-dealkylation sites (tertiary alicyclic amines) is 2. The maximum absolute atomic E-state index is 12.8. The first-order valence-corrected chi connectivity index (χ1v) is 14.2. The molecule has 2 aliphatic heterocycles. The molecule has 5 nitrogen and oxygen atoms in total. The summed E-state index contributed by atoms with van der Waals surface area (Å²) in [5.74, 6) is 1.09. The highest BCUT2D eigenvalue weighted by Gasteiger charge is 2.25. The second-order valence-corrected chi connectivity index (χ2v) is 10.9. The summed E-state index contributed by atoms with van der Waals surface area (Å²) in [4.78, 5) is 17.7. The van der Waals surface area contributed by atoms with Gasteiger partial charge in [0.05, 0.1) is 0 Å². The average molecular weight is 512 g/mol. The first-order chi connectivity index (χ1) is 18.7. The normalized spacial score (nSPS) is 20.5. The van der Waals surface area contributed by atoms with Gasteiger partial charge in [0.1, 0.15) is 11.9 Å². The summed E-state index contributed by atoms with van der Waals surface area (Å²) in [5, 5.41) is 3.11. The van der Waals surface area contributed by atoms with Gasteiger partial charge in [0, 0.05) is 37.2 Å². The number of ether oxygens (including phenoxy) is 1. The third-order valence-corrected chi connectivity index (χ3v) is 8.14. The zero-order valence-electron chi connectivity index (χ0n) is 22.6. The van der Waals surface area contributed by atoms with Gasteiger partial charge in [-0.05, 0) is 81.6 Å². The number of carbonyl (C=O) groups is 1. The quantitative estimate of drug-likeness (QED) is 0.386. The molecule has 2 saturated heterocycles. The van der Waals surface area contributed by atoms with E-state index in [0.717, 1.165) is 51.2 Å². The van der Waals surface area contributed by atoms with Crippen LogP contribution in [0.3, 0.4) is 0 Å². The molecule has 0 aliphatic carbocycles. The van der Waals surface area contributed by atoms with Crippen LogP contribution in [-0.4, -0.2) is 67.6 Å². The Hall–Kier alpha value is -3.15. The lowest BCUT2D eigenvalue weighted by Gasteiger charge is -2.35. The molecule has 1 N–H and O–H groups in total. The van der Waals surface area contributed by atoms with E-state index in [9.17, 15) is 4.79 Å². The first-order valence-electron chi connectivity index (χ1n) is 14.2. The lowest BCUT2D eigenvalue weighted by atomic mass is 9.90. The second kappa shape index (κ2) is 13.1. The summed E-state index contributed by atoms with van der Waals surface area (Å²) in [7, 11) is 2.18. The summed E-state index contributed by atoms with van der Waals surface area (Å²) < 4.78 is 6.44. The summed E-state index contributed by atoms with van der Waals surface area (Å²) in [5.41, 5.74) is 3.36. The van der Waals surface area contributed by atoms with E-state index in [1.165, 1.54) is 24.0 Å². The van der Waals surface area contributed by atoms with Crippen LogP contribution in [-0.2, 0) is 0 Å². The summed E-state index contributed by atoms with van der Waals surface area (Å²) >= 11 is 0. The van der Waals surface area contributed by atoms with Crippen molar-refractivity contribution in [3.8, 4) is 5.75 Å². The van der Waals surface area contributed by atoms with Gasteiger partial charge in [-0.25, -0.2) is 0 Å². The highest BCUT2D eigenvalue weighted by molar-refractivity contribution is 5.94. The standard InChI is InChI=1S/C33H41N3O2/c1-35-21-9-16-29(35)19-20-34-33(37)28-15-8-17-30(23-28)38-31-18-10-22-36(24-31)25-32(26-11-4-2-5-12-26)27-13-6-3-7-14-27/h2-8,11-15,17,23,29,31-32H,9-10,16,18-22,24-25H2,1H3,(H,34,37). The fourth-order valence-corrected chi connectivity index (χ4v) is 6.01. The third-order valence-electron chi connectivity index (χ3n) is 8.14. The van der Waals surface area contributed by atoms with Crippen molar-refractivity contribution in [3.63, 3.8) is 0 Å². The first kappa shape index (κ1) is 26.5. The molecule has 38 heavy (non-hydrogen) atoms. The number of carbonyl (C=O) groups excluding carboxylic acids is 1. The highest BCUT2D eigenvalue weighted by Crippen LogP contribution is 2.28. The molecule has 5 rings (SSSR count). The van der Waals surface area contributed by atoms with Crippen molar-refractivity contribution < 1.29 is 9.53 Å². The number of piperidine rings is 1. The Morgan fingerprint density at radius 2 is 1.63 bits per heavy atom. The number of rotatable bonds is 10. The van der Waals surface area contributed by atoms with Gasteiger partial charge in [-0.3, -0.25) is 9.69 Å². The monoisotopic (exact) mass is 511 g/mol. The van der Waals surface area contributed by atoms with E-state index >= 15 is 0 Å². The van der Waals surface area contributed by atoms with Crippen LogP contribution in [0.2, 0.25) is 0 Å². The Morgan fingerprint density at radius 1 is 0.921 bits per heavy atom.